The Bertz CT molecular complexity index is 1180. The van der Waals surface area contributed by atoms with Crippen molar-refractivity contribution in [1.82, 2.24) is 25.6 Å². The summed E-state index contributed by atoms with van der Waals surface area (Å²) in [6, 6.07) is 20.1. The number of benzene rings is 2. The number of hydrogen-bond donors (Lipinski definition) is 0. The molecule has 0 aliphatic heterocycles. The third-order valence-corrected chi connectivity index (χ3v) is 5.24. The number of carbonyl (C=O) groups is 1. The lowest BCUT2D eigenvalue weighted by atomic mass is 9.98. The number of aryl methyl sites for hydroxylation is 2. The Morgan fingerprint density at radius 3 is 2.28 bits per heavy atom. The lowest BCUT2D eigenvalue weighted by Gasteiger charge is -2.24. The molecule has 0 radical (unpaired) electrons. The van der Waals surface area contributed by atoms with Gasteiger partial charge in [0.15, 0.2) is 0 Å². The topological polar surface area (TPSA) is 86.0 Å². The number of tetrazole rings is 1. The minimum Gasteiger partial charge on any atom is -0.330 e. The van der Waals surface area contributed by atoms with E-state index in [-0.39, 0.29) is 5.91 Å². The van der Waals surface area contributed by atoms with Crippen LogP contribution in [0.3, 0.4) is 0 Å². The predicted molar refractivity (Wildman–Crippen MR) is 124 cm³/mol. The van der Waals surface area contributed by atoms with E-state index >= 15 is 0 Å². The zero-order valence-electron chi connectivity index (χ0n) is 18.5. The summed E-state index contributed by atoms with van der Waals surface area (Å²) in [5, 5.41) is 15.2. The summed E-state index contributed by atoms with van der Waals surface area (Å²) in [7, 11) is 0. The van der Waals surface area contributed by atoms with Crippen molar-refractivity contribution in [3.05, 3.63) is 77.6 Å². The lowest BCUT2D eigenvalue weighted by molar-refractivity contribution is -0.118. The smallest absolute Gasteiger partial charge is 0.227 e. The van der Waals surface area contributed by atoms with E-state index in [0.717, 1.165) is 45.7 Å². The van der Waals surface area contributed by atoms with Gasteiger partial charge in [0.2, 0.25) is 5.91 Å². The highest BCUT2D eigenvalue weighted by atomic mass is 16.2. The number of nitrogens with zero attached hydrogens (tertiary/aromatic N) is 6. The third kappa shape index (κ3) is 4.72. The van der Waals surface area contributed by atoms with Gasteiger partial charge >= 0.3 is 0 Å². The molecule has 4 rings (SSSR count). The molecule has 2 aromatic carbocycles. The second-order valence-electron chi connectivity index (χ2n) is 7.78. The molecular formula is C25H25N6O-. The molecular weight excluding hydrogens is 400 g/mol. The van der Waals surface area contributed by atoms with Gasteiger partial charge < -0.3 is 10.00 Å². The summed E-state index contributed by atoms with van der Waals surface area (Å²) in [4.78, 5) is 19.2. The molecule has 0 saturated carbocycles. The number of aromatic nitrogens is 5. The summed E-state index contributed by atoms with van der Waals surface area (Å²) in [5.41, 5.74) is 6.67. The van der Waals surface area contributed by atoms with Gasteiger partial charge in [-0.3, -0.25) is 20.1 Å². The zero-order chi connectivity index (χ0) is 22.5. The quantitative estimate of drug-likeness (QED) is 0.433. The Kier molecular flexibility index (Phi) is 6.35. The van der Waals surface area contributed by atoms with E-state index in [1.54, 1.807) is 0 Å². The van der Waals surface area contributed by atoms with Crippen molar-refractivity contribution in [2.75, 3.05) is 4.90 Å². The molecule has 0 saturated heterocycles. The monoisotopic (exact) mass is 425 g/mol. The van der Waals surface area contributed by atoms with Crippen molar-refractivity contribution in [2.45, 2.75) is 40.2 Å². The largest absolute Gasteiger partial charge is 0.330 e. The summed E-state index contributed by atoms with van der Waals surface area (Å²) in [6.07, 6.45) is 1.31. The highest BCUT2D eigenvalue weighted by Crippen LogP contribution is 2.30. The van der Waals surface area contributed by atoms with Crippen molar-refractivity contribution in [2.24, 2.45) is 0 Å². The first kappa shape index (κ1) is 21.4. The van der Waals surface area contributed by atoms with Crippen LogP contribution in [0.25, 0.3) is 22.5 Å². The number of hydrogen-bond acceptors (Lipinski definition) is 5. The summed E-state index contributed by atoms with van der Waals surface area (Å²) >= 11 is 0. The molecule has 162 valence electrons. The van der Waals surface area contributed by atoms with Crippen molar-refractivity contribution in [1.29, 1.82) is 0 Å². The van der Waals surface area contributed by atoms with Crippen LogP contribution in [-0.2, 0) is 11.3 Å². The fraction of sp³-hybridized carbons (Fsp3) is 0.240. The maximum Gasteiger partial charge on any atom is 0.227 e. The standard InChI is InChI=1S/C25H25N6O/c1-4-7-24(32)31(21-14-17(2)26-18(3)15-21)16-19-10-12-20(13-11-19)22-8-5-6-9-23(22)25-27-29-30-28-25/h5-6,8-15H,4,7,16H2,1-3H3/q-1. The normalized spacial score (nSPS) is 10.8. The van der Waals surface area contributed by atoms with Gasteiger partial charge in [0.25, 0.3) is 0 Å². The number of anilines is 1. The molecule has 2 aromatic heterocycles. The van der Waals surface area contributed by atoms with E-state index in [2.05, 4.69) is 49.9 Å². The average Bonchev–Trinajstić information content (AvgIpc) is 3.32. The van der Waals surface area contributed by atoms with E-state index in [4.69, 9.17) is 0 Å². The first-order valence-electron chi connectivity index (χ1n) is 10.7. The molecule has 4 aromatic rings. The summed E-state index contributed by atoms with van der Waals surface area (Å²) < 4.78 is 0. The lowest BCUT2D eigenvalue weighted by Crippen LogP contribution is -2.30. The van der Waals surface area contributed by atoms with Crippen LogP contribution in [0.15, 0.2) is 60.7 Å². The van der Waals surface area contributed by atoms with Crippen LogP contribution in [0.2, 0.25) is 0 Å². The molecule has 0 N–H and O–H groups in total. The Hall–Kier alpha value is -3.87. The molecule has 7 nitrogen and oxygen atoms in total. The van der Waals surface area contributed by atoms with Crippen LogP contribution in [0, 0.1) is 13.8 Å². The molecule has 32 heavy (non-hydrogen) atoms. The van der Waals surface area contributed by atoms with Crippen LogP contribution in [-0.4, -0.2) is 26.4 Å². The van der Waals surface area contributed by atoms with Crippen LogP contribution in [0.1, 0.15) is 36.7 Å². The van der Waals surface area contributed by atoms with Crippen LogP contribution in [0.5, 0.6) is 0 Å². The number of carbonyl (C=O) groups excluding carboxylic acids is 1. The second kappa shape index (κ2) is 9.51. The number of amides is 1. The van der Waals surface area contributed by atoms with Gasteiger partial charge in [-0.25, -0.2) is 0 Å². The second-order valence-corrected chi connectivity index (χ2v) is 7.78. The molecule has 0 aliphatic carbocycles. The number of pyridine rings is 1. The minimum absolute atomic E-state index is 0.111. The van der Waals surface area contributed by atoms with E-state index in [0.29, 0.717) is 18.8 Å². The first-order chi connectivity index (χ1) is 15.5. The van der Waals surface area contributed by atoms with E-state index < -0.39 is 0 Å². The van der Waals surface area contributed by atoms with Gasteiger partial charge in [0.1, 0.15) is 0 Å². The van der Waals surface area contributed by atoms with Gasteiger partial charge in [-0.15, -0.1) is 0 Å². The number of rotatable bonds is 7. The molecule has 7 heteroatoms. The van der Waals surface area contributed by atoms with Crippen molar-refractivity contribution in [3.8, 4) is 22.5 Å². The summed E-state index contributed by atoms with van der Waals surface area (Å²) in [6.45, 7) is 6.43. The average molecular weight is 426 g/mol. The predicted octanol–water partition coefficient (Wildman–Crippen LogP) is 4.51. The Morgan fingerprint density at radius 1 is 0.969 bits per heavy atom. The fourth-order valence-electron chi connectivity index (χ4n) is 3.80. The van der Waals surface area contributed by atoms with Crippen molar-refractivity contribution >= 4 is 11.6 Å². The Labute approximate surface area is 187 Å². The maximum atomic E-state index is 12.9. The highest BCUT2D eigenvalue weighted by Gasteiger charge is 2.17. The minimum atomic E-state index is 0.111. The molecule has 2 heterocycles. The van der Waals surface area contributed by atoms with Crippen LogP contribution >= 0.6 is 0 Å². The van der Waals surface area contributed by atoms with Gasteiger partial charge in [0, 0.05) is 29.3 Å². The van der Waals surface area contributed by atoms with Gasteiger partial charge in [-0.05, 0) is 54.7 Å². The Balaban J connectivity index is 1.63. The van der Waals surface area contributed by atoms with E-state index in [1.165, 1.54) is 0 Å². The third-order valence-electron chi connectivity index (χ3n) is 5.24. The molecule has 0 atom stereocenters. The van der Waals surface area contributed by atoms with Gasteiger partial charge in [0.05, 0.1) is 6.54 Å². The molecule has 0 bridgehead atoms. The molecule has 0 fully saturated rings. The van der Waals surface area contributed by atoms with Gasteiger partial charge in [-0.1, -0.05) is 55.5 Å². The van der Waals surface area contributed by atoms with Crippen LogP contribution < -0.4 is 10.00 Å². The fourth-order valence-corrected chi connectivity index (χ4v) is 3.80. The highest BCUT2D eigenvalue weighted by molar-refractivity contribution is 5.93. The maximum absolute atomic E-state index is 12.9. The van der Waals surface area contributed by atoms with Crippen molar-refractivity contribution in [3.63, 3.8) is 0 Å². The molecule has 0 unspecified atom stereocenters. The van der Waals surface area contributed by atoms with E-state index in [9.17, 15) is 4.79 Å². The van der Waals surface area contributed by atoms with Crippen LogP contribution in [0.4, 0.5) is 5.69 Å². The van der Waals surface area contributed by atoms with Gasteiger partial charge in [-0.2, -0.15) is 5.21 Å². The molecule has 0 aliphatic rings. The summed E-state index contributed by atoms with van der Waals surface area (Å²) in [5.74, 6) is 0.615. The zero-order valence-corrected chi connectivity index (χ0v) is 18.5. The molecule has 0 spiro atoms. The first-order valence-corrected chi connectivity index (χ1v) is 10.7. The SMILES string of the molecule is CCCC(=O)N(Cc1ccc(-c2ccccc2-c2nnn[n-]2)cc1)c1cc(C)nc(C)c1. The van der Waals surface area contributed by atoms with Crippen molar-refractivity contribution < 1.29 is 4.79 Å². The Morgan fingerprint density at radius 2 is 1.66 bits per heavy atom. The molecule has 1 amide bonds. The van der Waals surface area contributed by atoms with E-state index in [1.807, 2.05) is 62.1 Å².